The zero-order valence-electron chi connectivity index (χ0n) is 14.7. The molecule has 0 aliphatic heterocycles. The number of carbonyl (C=O) groups is 1. The molecule has 0 saturated carbocycles. The molecule has 0 aliphatic carbocycles. The first-order chi connectivity index (χ1) is 12.6. The van der Waals surface area contributed by atoms with Gasteiger partial charge in [-0.2, -0.15) is 0 Å². The van der Waals surface area contributed by atoms with E-state index in [9.17, 15) is 4.79 Å². The molecule has 26 heavy (non-hydrogen) atoms. The van der Waals surface area contributed by atoms with Gasteiger partial charge in [0.05, 0.1) is 27.2 Å². The third-order valence-corrected chi connectivity index (χ3v) is 3.91. The monoisotopic (exact) mass is 417 g/mol. The molecular formula is C20H20BrNO4. The number of nitrogens with one attached hydrogen (secondary N) is 1. The van der Waals surface area contributed by atoms with E-state index in [-0.39, 0.29) is 25.5 Å². The Labute approximate surface area is 161 Å². The van der Waals surface area contributed by atoms with E-state index in [1.165, 1.54) is 0 Å². The summed E-state index contributed by atoms with van der Waals surface area (Å²) in [6.45, 7) is 0.538. The van der Waals surface area contributed by atoms with Crippen molar-refractivity contribution in [2.45, 2.75) is 6.42 Å². The van der Waals surface area contributed by atoms with Crippen LogP contribution in [0.5, 0.6) is 17.2 Å². The lowest BCUT2D eigenvalue weighted by Gasteiger charge is -2.09. The molecule has 2 aromatic rings. The largest absolute Gasteiger partial charge is 0.493 e. The zero-order valence-corrected chi connectivity index (χ0v) is 16.3. The summed E-state index contributed by atoms with van der Waals surface area (Å²) < 4.78 is 16.9. The van der Waals surface area contributed by atoms with Gasteiger partial charge in [-0.05, 0) is 35.9 Å². The van der Waals surface area contributed by atoms with Crippen LogP contribution < -0.4 is 19.5 Å². The maximum atomic E-state index is 12.0. The molecule has 0 spiro atoms. The minimum Gasteiger partial charge on any atom is -0.493 e. The Kier molecular flexibility index (Phi) is 7.84. The maximum absolute atomic E-state index is 12.0. The molecule has 136 valence electrons. The third kappa shape index (κ3) is 6.34. The second-order valence-corrected chi connectivity index (χ2v) is 6.16. The highest BCUT2D eigenvalue weighted by Gasteiger charge is 2.07. The Hall–Kier alpha value is -2.65. The van der Waals surface area contributed by atoms with E-state index in [0.29, 0.717) is 11.5 Å². The fourth-order valence-corrected chi connectivity index (χ4v) is 2.55. The Morgan fingerprint density at radius 3 is 2.62 bits per heavy atom. The van der Waals surface area contributed by atoms with Gasteiger partial charge in [0.2, 0.25) is 5.91 Å². The van der Waals surface area contributed by atoms with Gasteiger partial charge >= 0.3 is 0 Å². The number of ether oxygens (including phenoxy) is 3. The van der Waals surface area contributed by atoms with E-state index in [1.54, 1.807) is 26.4 Å². The molecule has 0 aliphatic rings. The van der Waals surface area contributed by atoms with Crippen molar-refractivity contribution in [1.82, 2.24) is 5.32 Å². The van der Waals surface area contributed by atoms with Gasteiger partial charge in [-0.3, -0.25) is 4.79 Å². The molecule has 0 heterocycles. The van der Waals surface area contributed by atoms with E-state index in [4.69, 9.17) is 14.2 Å². The standard InChI is InChI=1S/C20H20BrNO4/c1-24-18-9-8-15(12-19(18)25-2)13-20(23)22-10-3-4-11-26-17-7-5-6-16(21)14-17/h5-9,12,14H,10-11,13H2,1-2H3,(H,22,23). The summed E-state index contributed by atoms with van der Waals surface area (Å²) >= 11 is 3.38. The van der Waals surface area contributed by atoms with E-state index in [2.05, 4.69) is 33.1 Å². The predicted molar refractivity (Wildman–Crippen MR) is 104 cm³/mol. The third-order valence-electron chi connectivity index (χ3n) is 3.42. The Morgan fingerprint density at radius 2 is 1.88 bits per heavy atom. The molecular weight excluding hydrogens is 398 g/mol. The van der Waals surface area contributed by atoms with Gasteiger partial charge in [0, 0.05) is 4.47 Å². The van der Waals surface area contributed by atoms with Crippen LogP contribution >= 0.6 is 15.9 Å². The molecule has 0 aromatic heterocycles. The molecule has 0 atom stereocenters. The summed E-state index contributed by atoms with van der Waals surface area (Å²) in [5.74, 6) is 7.59. The second-order valence-electron chi connectivity index (χ2n) is 5.24. The molecule has 6 heteroatoms. The number of halogens is 1. The Balaban J connectivity index is 1.74. The summed E-state index contributed by atoms with van der Waals surface area (Å²) in [5, 5.41) is 2.76. The maximum Gasteiger partial charge on any atom is 0.225 e. The highest BCUT2D eigenvalue weighted by Crippen LogP contribution is 2.27. The first-order valence-corrected chi connectivity index (χ1v) is 8.73. The molecule has 0 saturated heterocycles. The van der Waals surface area contributed by atoms with Crippen LogP contribution in [0.25, 0.3) is 0 Å². The smallest absolute Gasteiger partial charge is 0.225 e. The van der Waals surface area contributed by atoms with Gasteiger partial charge in [0.1, 0.15) is 12.4 Å². The van der Waals surface area contributed by atoms with Crippen LogP contribution in [0, 0.1) is 11.8 Å². The lowest BCUT2D eigenvalue weighted by Crippen LogP contribution is -2.25. The van der Waals surface area contributed by atoms with Crippen molar-refractivity contribution in [3.05, 3.63) is 52.5 Å². The van der Waals surface area contributed by atoms with Crippen molar-refractivity contribution >= 4 is 21.8 Å². The summed E-state index contributed by atoms with van der Waals surface area (Å²) in [7, 11) is 3.14. The van der Waals surface area contributed by atoms with Gasteiger partial charge < -0.3 is 19.5 Å². The van der Waals surface area contributed by atoms with Crippen LogP contribution in [-0.2, 0) is 11.2 Å². The second kappa shape index (κ2) is 10.4. The normalized spacial score (nSPS) is 9.65. The highest BCUT2D eigenvalue weighted by molar-refractivity contribution is 9.10. The van der Waals surface area contributed by atoms with Crippen LogP contribution in [-0.4, -0.2) is 33.3 Å². The number of rotatable bonds is 7. The van der Waals surface area contributed by atoms with Crippen molar-refractivity contribution in [2.24, 2.45) is 0 Å². The number of hydrogen-bond donors (Lipinski definition) is 1. The van der Waals surface area contributed by atoms with Crippen molar-refractivity contribution in [2.75, 3.05) is 27.4 Å². The van der Waals surface area contributed by atoms with Crippen LogP contribution in [0.15, 0.2) is 46.9 Å². The van der Waals surface area contributed by atoms with Crippen molar-refractivity contribution in [1.29, 1.82) is 0 Å². The number of amides is 1. The first-order valence-electron chi connectivity index (χ1n) is 7.94. The minimum atomic E-state index is -0.112. The summed E-state index contributed by atoms with van der Waals surface area (Å²) in [6, 6.07) is 12.9. The molecule has 0 radical (unpaired) electrons. The van der Waals surface area contributed by atoms with Gasteiger partial charge in [0.15, 0.2) is 11.5 Å². The zero-order chi connectivity index (χ0) is 18.8. The van der Waals surface area contributed by atoms with Gasteiger partial charge in [-0.1, -0.05) is 39.9 Å². The molecule has 2 aromatic carbocycles. The summed E-state index contributed by atoms with van der Waals surface area (Å²) in [4.78, 5) is 12.0. The van der Waals surface area contributed by atoms with Crippen molar-refractivity contribution in [3.63, 3.8) is 0 Å². The lowest BCUT2D eigenvalue weighted by atomic mass is 10.1. The fourth-order valence-electron chi connectivity index (χ4n) is 2.17. The SMILES string of the molecule is COc1ccc(CC(=O)NCC#CCOc2cccc(Br)c2)cc1OC. The number of hydrogen-bond acceptors (Lipinski definition) is 4. The van der Waals surface area contributed by atoms with Gasteiger partial charge in [0.25, 0.3) is 0 Å². The molecule has 0 unspecified atom stereocenters. The van der Waals surface area contributed by atoms with E-state index < -0.39 is 0 Å². The van der Waals surface area contributed by atoms with E-state index in [0.717, 1.165) is 15.8 Å². The van der Waals surface area contributed by atoms with E-state index in [1.807, 2.05) is 30.3 Å². The first kappa shape index (κ1) is 19.7. The fraction of sp³-hybridized carbons (Fsp3) is 0.250. The van der Waals surface area contributed by atoms with Crippen LogP contribution in [0.1, 0.15) is 5.56 Å². The van der Waals surface area contributed by atoms with Crippen molar-refractivity contribution < 1.29 is 19.0 Å². The average Bonchev–Trinajstić information content (AvgIpc) is 2.64. The summed E-state index contributed by atoms with van der Waals surface area (Å²) in [6.07, 6.45) is 0.247. The molecule has 5 nitrogen and oxygen atoms in total. The van der Waals surface area contributed by atoms with Gasteiger partial charge in [-0.15, -0.1) is 0 Å². The minimum absolute atomic E-state index is 0.112. The summed E-state index contributed by atoms with van der Waals surface area (Å²) in [5.41, 5.74) is 0.839. The quantitative estimate of drug-likeness (QED) is 0.702. The Morgan fingerprint density at radius 1 is 1.08 bits per heavy atom. The lowest BCUT2D eigenvalue weighted by molar-refractivity contribution is -0.120. The molecule has 0 bridgehead atoms. The number of carbonyl (C=O) groups excluding carboxylic acids is 1. The van der Waals surface area contributed by atoms with Crippen molar-refractivity contribution in [3.8, 4) is 29.1 Å². The predicted octanol–water partition coefficient (Wildman–Crippen LogP) is 3.21. The number of methoxy groups -OCH3 is 2. The van der Waals surface area contributed by atoms with Gasteiger partial charge in [-0.25, -0.2) is 0 Å². The molecule has 2 rings (SSSR count). The topological polar surface area (TPSA) is 56.8 Å². The average molecular weight is 418 g/mol. The number of benzene rings is 2. The van der Waals surface area contributed by atoms with E-state index >= 15 is 0 Å². The molecule has 1 N–H and O–H groups in total. The Bertz CT molecular complexity index is 811. The molecule has 1 amide bonds. The van der Waals surface area contributed by atoms with Crippen LogP contribution in [0.3, 0.4) is 0 Å². The van der Waals surface area contributed by atoms with Crippen LogP contribution in [0.2, 0.25) is 0 Å². The highest BCUT2D eigenvalue weighted by atomic mass is 79.9. The van der Waals surface area contributed by atoms with Crippen LogP contribution in [0.4, 0.5) is 0 Å². The molecule has 0 fully saturated rings.